The van der Waals surface area contributed by atoms with Gasteiger partial charge >= 0.3 is 0 Å². The van der Waals surface area contributed by atoms with Gasteiger partial charge in [0.2, 0.25) is 0 Å². The van der Waals surface area contributed by atoms with Crippen molar-refractivity contribution in [2.75, 3.05) is 45.6 Å². The van der Waals surface area contributed by atoms with Gasteiger partial charge in [-0.15, -0.1) is 0 Å². The molecule has 1 fully saturated rings. The van der Waals surface area contributed by atoms with Gasteiger partial charge in [0.05, 0.1) is 5.56 Å². The number of carbonyl (C=O) groups excluding carboxylic acids is 1. The molecule has 0 atom stereocenters. The lowest BCUT2D eigenvalue weighted by Crippen LogP contribution is -2.40. The number of nitrogens with zero attached hydrogens (tertiary/aromatic N) is 2. The zero-order valence-corrected chi connectivity index (χ0v) is 13.4. The predicted molar refractivity (Wildman–Crippen MR) is 87.8 cm³/mol. The molecule has 0 aliphatic carbocycles. The van der Waals surface area contributed by atoms with Crippen molar-refractivity contribution in [3.05, 3.63) is 29.8 Å². The van der Waals surface area contributed by atoms with Crippen molar-refractivity contribution < 1.29 is 4.79 Å². The molecule has 1 aromatic carbocycles. The van der Waals surface area contributed by atoms with Gasteiger partial charge in [0.15, 0.2) is 0 Å². The number of amides is 1. The third-order valence-corrected chi connectivity index (χ3v) is 4.05. The Labute approximate surface area is 128 Å². The fourth-order valence-electron chi connectivity index (χ4n) is 3.02. The van der Waals surface area contributed by atoms with E-state index < -0.39 is 0 Å². The smallest absolute Gasteiger partial charge is 0.255 e. The van der Waals surface area contributed by atoms with Crippen LogP contribution in [0.1, 0.15) is 30.1 Å². The van der Waals surface area contributed by atoms with E-state index in [2.05, 4.69) is 24.3 Å². The number of benzene rings is 1. The molecule has 1 N–H and O–H groups in total. The molecule has 0 bridgehead atoms. The second kappa shape index (κ2) is 7.46. The van der Waals surface area contributed by atoms with Crippen LogP contribution in [0.2, 0.25) is 0 Å². The summed E-state index contributed by atoms with van der Waals surface area (Å²) in [4.78, 5) is 16.9. The Balaban J connectivity index is 1.99. The van der Waals surface area contributed by atoms with E-state index in [4.69, 9.17) is 0 Å². The quantitative estimate of drug-likeness (QED) is 0.905. The van der Waals surface area contributed by atoms with Crippen LogP contribution in [0.4, 0.5) is 5.69 Å². The Morgan fingerprint density at radius 1 is 1.29 bits per heavy atom. The topological polar surface area (TPSA) is 35.6 Å². The summed E-state index contributed by atoms with van der Waals surface area (Å²) in [5.74, 6) is 0.878. The first-order chi connectivity index (χ1) is 10.1. The summed E-state index contributed by atoms with van der Waals surface area (Å²) < 4.78 is 0. The molecule has 4 heteroatoms. The van der Waals surface area contributed by atoms with Crippen molar-refractivity contribution in [3.63, 3.8) is 0 Å². The summed E-state index contributed by atoms with van der Waals surface area (Å²) in [6, 6.07) is 7.81. The number of hydrogen-bond acceptors (Lipinski definition) is 3. The van der Waals surface area contributed by atoms with Crippen LogP contribution in [0.15, 0.2) is 24.3 Å². The van der Waals surface area contributed by atoms with Gasteiger partial charge in [-0.25, -0.2) is 0 Å². The highest BCUT2D eigenvalue weighted by atomic mass is 16.2. The molecule has 0 radical (unpaired) electrons. The van der Waals surface area contributed by atoms with Crippen LogP contribution >= 0.6 is 0 Å². The van der Waals surface area contributed by atoms with E-state index in [1.807, 2.05) is 36.1 Å². The van der Waals surface area contributed by atoms with E-state index in [0.29, 0.717) is 5.92 Å². The SMILES string of the molecule is CCNc1ccccc1C(=O)N1CCC(CN(C)C)CC1. The minimum atomic E-state index is 0.162. The van der Waals surface area contributed by atoms with Crippen LogP contribution in [0, 0.1) is 5.92 Å². The fourth-order valence-corrected chi connectivity index (χ4v) is 3.02. The summed E-state index contributed by atoms with van der Waals surface area (Å²) in [5.41, 5.74) is 1.74. The summed E-state index contributed by atoms with van der Waals surface area (Å²) in [6.07, 6.45) is 2.21. The third kappa shape index (κ3) is 4.21. The number of piperidine rings is 1. The third-order valence-electron chi connectivity index (χ3n) is 4.05. The number of carbonyl (C=O) groups is 1. The molecule has 0 unspecified atom stereocenters. The molecule has 1 saturated heterocycles. The van der Waals surface area contributed by atoms with Gasteiger partial charge in [-0.2, -0.15) is 0 Å². The molecule has 1 heterocycles. The van der Waals surface area contributed by atoms with Crippen molar-refractivity contribution in [2.45, 2.75) is 19.8 Å². The molecule has 2 rings (SSSR count). The number of para-hydroxylation sites is 1. The van der Waals surface area contributed by atoms with Crippen LogP contribution in [-0.2, 0) is 0 Å². The first kappa shape index (κ1) is 15.8. The number of rotatable bonds is 5. The van der Waals surface area contributed by atoms with Crippen molar-refractivity contribution in [2.24, 2.45) is 5.92 Å². The predicted octanol–water partition coefficient (Wildman–Crippen LogP) is 2.53. The van der Waals surface area contributed by atoms with Gasteiger partial charge in [-0.05, 0) is 51.9 Å². The first-order valence-electron chi connectivity index (χ1n) is 7.88. The minimum Gasteiger partial charge on any atom is -0.385 e. The summed E-state index contributed by atoms with van der Waals surface area (Å²) >= 11 is 0. The van der Waals surface area contributed by atoms with Crippen LogP contribution < -0.4 is 5.32 Å². The zero-order valence-electron chi connectivity index (χ0n) is 13.4. The summed E-state index contributed by atoms with van der Waals surface area (Å²) in [7, 11) is 4.23. The van der Waals surface area contributed by atoms with Gasteiger partial charge in [-0.3, -0.25) is 4.79 Å². The lowest BCUT2D eigenvalue weighted by molar-refractivity contribution is 0.0679. The lowest BCUT2D eigenvalue weighted by atomic mass is 9.96. The standard InChI is InChI=1S/C17H27N3O/c1-4-18-16-8-6-5-7-15(16)17(21)20-11-9-14(10-12-20)13-19(2)3/h5-8,14,18H,4,9-13H2,1-3H3. The molecule has 0 spiro atoms. The molecule has 116 valence electrons. The molecule has 0 saturated carbocycles. The Kier molecular flexibility index (Phi) is 5.62. The average Bonchev–Trinajstić information content (AvgIpc) is 2.48. The van der Waals surface area contributed by atoms with Crippen LogP contribution in [0.25, 0.3) is 0 Å². The Hall–Kier alpha value is -1.55. The Bertz CT molecular complexity index is 465. The second-order valence-electron chi connectivity index (χ2n) is 6.07. The van der Waals surface area contributed by atoms with Crippen molar-refractivity contribution in [3.8, 4) is 0 Å². The highest BCUT2D eigenvalue weighted by molar-refractivity contribution is 5.99. The number of likely N-dealkylation sites (tertiary alicyclic amines) is 1. The van der Waals surface area contributed by atoms with Crippen LogP contribution in [0.3, 0.4) is 0 Å². The molecule has 1 amide bonds. The van der Waals surface area contributed by atoms with E-state index in [1.54, 1.807) is 0 Å². The molecule has 1 aromatic rings. The van der Waals surface area contributed by atoms with Crippen molar-refractivity contribution in [1.82, 2.24) is 9.80 Å². The second-order valence-corrected chi connectivity index (χ2v) is 6.07. The van der Waals surface area contributed by atoms with E-state index in [0.717, 1.165) is 50.3 Å². The van der Waals surface area contributed by atoms with E-state index in [9.17, 15) is 4.79 Å². The molecule has 1 aliphatic heterocycles. The van der Waals surface area contributed by atoms with Gasteiger partial charge < -0.3 is 15.1 Å². The van der Waals surface area contributed by atoms with Crippen molar-refractivity contribution >= 4 is 11.6 Å². The van der Waals surface area contributed by atoms with Crippen LogP contribution in [-0.4, -0.2) is 56.0 Å². The van der Waals surface area contributed by atoms with Gasteiger partial charge in [0.1, 0.15) is 0 Å². The maximum atomic E-state index is 12.7. The maximum Gasteiger partial charge on any atom is 0.255 e. The molecular formula is C17H27N3O. The Morgan fingerprint density at radius 3 is 2.57 bits per heavy atom. The molecular weight excluding hydrogens is 262 g/mol. The zero-order chi connectivity index (χ0) is 15.2. The van der Waals surface area contributed by atoms with Gasteiger partial charge in [0.25, 0.3) is 5.91 Å². The molecule has 21 heavy (non-hydrogen) atoms. The fraction of sp³-hybridized carbons (Fsp3) is 0.588. The van der Waals surface area contributed by atoms with E-state index in [1.165, 1.54) is 0 Å². The lowest BCUT2D eigenvalue weighted by Gasteiger charge is -2.33. The summed E-state index contributed by atoms with van der Waals surface area (Å²) in [6.45, 7) is 5.74. The van der Waals surface area contributed by atoms with E-state index in [-0.39, 0.29) is 5.91 Å². The monoisotopic (exact) mass is 289 g/mol. The number of nitrogens with one attached hydrogen (secondary N) is 1. The normalized spacial score (nSPS) is 16.3. The number of hydrogen-bond donors (Lipinski definition) is 1. The van der Waals surface area contributed by atoms with Crippen LogP contribution in [0.5, 0.6) is 0 Å². The Morgan fingerprint density at radius 2 is 1.95 bits per heavy atom. The summed E-state index contributed by atoms with van der Waals surface area (Å²) in [5, 5.41) is 3.28. The van der Waals surface area contributed by atoms with Crippen molar-refractivity contribution in [1.29, 1.82) is 0 Å². The molecule has 1 aliphatic rings. The average molecular weight is 289 g/mol. The molecule has 4 nitrogen and oxygen atoms in total. The van der Waals surface area contributed by atoms with E-state index >= 15 is 0 Å². The number of anilines is 1. The van der Waals surface area contributed by atoms with Gasteiger partial charge in [0, 0.05) is 31.9 Å². The first-order valence-corrected chi connectivity index (χ1v) is 7.88. The van der Waals surface area contributed by atoms with Gasteiger partial charge in [-0.1, -0.05) is 12.1 Å². The molecule has 0 aromatic heterocycles. The largest absolute Gasteiger partial charge is 0.385 e. The highest BCUT2D eigenvalue weighted by Gasteiger charge is 2.25. The maximum absolute atomic E-state index is 12.7. The minimum absolute atomic E-state index is 0.162. The highest BCUT2D eigenvalue weighted by Crippen LogP contribution is 2.22.